The molecule has 0 bridgehead atoms. The molecule has 0 saturated carbocycles. The first-order valence-corrected chi connectivity index (χ1v) is 5.94. The summed E-state index contributed by atoms with van der Waals surface area (Å²) in [6.07, 6.45) is 0. The van der Waals surface area contributed by atoms with Crippen LogP contribution < -0.4 is 5.73 Å². The van der Waals surface area contributed by atoms with Gasteiger partial charge in [-0.25, -0.2) is 0 Å². The minimum absolute atomic E-state index is 0.403. The lowest BCUT2D eigenvalue weighted by atomic mass is 10.1. The van der Waals surface area contributed by atoms with Gasteiger partial charge < -0.3 is 5.73 Å². The highest BCUT2D eigenvalue weighted by Gasteiger charge is 2.13. The van der Waals surface area contributed by atoms with Crippen LogP contribution in [-0.2, 0) is 0 Å². The van der Waals surface area contributed by atoms with Crippen LogP contribution in [0.15, 0.2) is 35.0 Å². The molecular formula is C10H11NS2. The highest BCUT2D eigenvalue weighted by atomic mass is 32.1. The number of nitrogens with two attached hydrogens (primary N) is 1. The van der Waals surface area contributed by atoms with E-state index in [4.69, 9.17) is 5.73 Å². The summed E-state index contributed by atoms with van der Waals surface area (Å²) >= 11 is 3.56. The Labute approximate surface area is 85.8 Å². The Morgan fingerprint density at radius 3 is 1.92 bits per heavy atom. The molecule has 0 spiro atoms. The topological polar surface area (TPSA) is 26.0 Å². The van der Waals surface area contributed by atoms with Crippen LogP contribution in [0, 0.1) is 0 Å². The van der Waals surface area contributed by atoms with E-state index in [9.17, 15) is 0 Å². The molecule has 0 fully saturated rings. The Kier molecular flexibility index (Phi) is 2.78. The largest absolute Gasteiger partial charge is 0.329 e. The van der Waals surface area contributed by atoms with Gasteiger partial charge in [0.1, 0.15) is 0 Å². The molecule has 0 unspecified atom stereocenters. The molecule has 3 heteroatoms. The van der Waals surface area contributed by atoms with Crippen molar-refractivity contribution in [2.75, 3.05) is 6.54 Å². The summed E-state index contributed by atoms with van der Waals surface area (Å²) in [5.74, 6) is 0.403. The van der Waals surface area contributed by atoms with Gasteiger partial charge in [-0.15, -0.1) is 22.7 Å². The van der Waals surface area contributed by atoms with Crippen molar-refractivity contribution in [1.82, 2.24) is 0 Å². The van der Waals surface area contributed by atoms with E-state index in [1.807, 2.05) is 0 Å². The van der Waals surface area contributed by atoms with Gasteiger partial charge >= 0.3 is 0 Å². The zero-order valence-electron chi connectivity index (χ0n) is 7.14. The summed E-state index contributed by atoms with van der Waals surface area (Å²) in [7, 11) is 0. The summed E-state index contributed by atoms with van der Waals surface area (Å²) in [6, 6.07) is 8.47. The Morgan fingerprint density at radius 1 is 1.08 bits per heavy atom. The minimum atomic E-state index is 0.403. The second-order valence-corrected chi connectivity index (χ2v) is 4.78. The molecule has 0 amide bonds. The number of hydrogen-bond donors (Lipinski definition) is 1. The molecule has 0 atom stereocenters. The quantitative estimate of drug-likeness (QED) is 0.826. The first kappa shape index (κ1) is 8.94. The molecule has 2 rings (SSSR count). The van der Waals surface area contributed by atoms with Gasteiger partial charge in [-0.3, -0.25) is 0 Å². The van der Waals surface area contributed by atoms with Crippen LogP contribution >= 0.6 is 22.7 Å². The van der Waals surface area contributed by atoms with Crippen molar-refractivity contribution in [2.24, 2.45) is 5.73 Å². The Bertz CT molecular complexity index is 303. The minimum Gasteiger partial charge on any atom is -0.329 e. The van der Waals surface area contributed by atoms with Crippen LogP contribution in [0.2, 0.25) is 0 Å². The number of thiophene rings is 2. The predicted octanol–water partition coefficient (Wildman–Crippen LogP) is 2.90. The third kappa shape index (κ3) is 1.82. The lowest BCUT2D eigenvalue weighted by molar-refractivity contribution is 0.853. The molecule has 0 aliphatic rings. The lowest BCUT2D eigenvalue weighted by Crippen LogP contribution is -2.11. The van der Waals surface area contributed by atoms with E-state index in [1.165, 1.54) is 9.75 Å². The molecule has 0 aliphatic heterocycles. The maximum atomic E-state index is 5.77. The van der Waals surface area contributed by atoms with Crippen LogP contribution in [0.3, 0.4) is 0 Å². The maximum Gasteiger partial charge on any atom is 0.0400 e. The molecule has 2 aromatic heterocycles. The Morgan fingerprint density at radius 2 is 1.62 bits per heavy atom. The molecular weight excluding hydrogens is 198 g/mol. The molecule has 0 aromatic carbocycles. The summed E-state index contributed by atoms with van der Waals surface area (Å²) < 4.78 is 0. The Balaban J connectivity index is 2.29. The first-order chi connectivity index (χ1) is 6.42. The Hall–Kier alpha value is -0.640. The summed E-state index contributed by atoms with van der Waals surface area (Å²) in [4.78, 5) is 2.73. The molecule has 0 saturated heterocycles. The first-order valence-electron chi connectivity index (χ1n) is 4.18. The molecule has 2 N–H and O–H groups in total. The second kappa shape index (κ2) is 4.05. The van der Waals surface area contributed by atoms with Crippen LogP contribution in [-0.4, -0.2) is 6.54 Å². The summed E-state index contributed by atoms with van der Waals surface area (Å²) in [5, 5.41) is 4.21. The molecule has 0 aliphatic carbocycles. The zero-order chi connectivity index (χ0) is 9.10. The maximum absolute atomic E-state index is 5.77. The highest BCUT2D eigenvalue weighted by Crippen LogP contribution is 2.29. The van der Waals surface area contributed by atoms with E-state index in [0.717, 1.165) is 0 Å². The lowest BCUT2D eigenvalue weighted by Gasteiger charge is -2.09. The van der Waals surface area contributed by atoms with E-state index >= 15 is 0 Å². The number of rotatable bonds is 3. The molecule has 1 nitrogen and oxygen atoms in total. The van der Waals surface area contributed by atoms with Gasteiger partial charge in [0.25, 0.3) is 0 Å². The van der Waals surface area contributed by atoms with Gasteiger partial charge in [-0.2, -0.15) is 0 Å². The fourth-order valence-corrected chi connectivity index (χ4v) is 3.14. The SMILES string of the molecule is NCC(c1cccs1)c1cccs1. The van der Waals surface area contributed by atoms with Crippen molar-refractivity contribution in [3.05, 3.63) is 44.8 Å². The standard InChI is InChI=1S/C10H11NS2/c11-7-8(9-3-1-5-12-9)10-4-2-6-13-10/h1-6,8H,7,11H2. The highest BCUT2D eigenvalue weighted by molar-refractivity contribution is 7.11. The molecule has 68 valence electrons. The van der Waals surface area contributed by atoms with Crippen LogP contribution in [0.5, 0.6) is 0 Å². The van der Waals surface area contributed by atoms with E-state index < -0.39 is 0 Å². The van der Waals surface area contributed by atoms with Gasteiger partial charge in [0.05, 0.1) is 0 Å². The molecule has 2 aromatic rings. The van der Waals surface area contributed by atoms with Crippen LogP contribution in [0.1, 0.15) is 15.7 Å². The average Bonchev–Trinajstić information content (AvgIpc) is 2.76. The normalized spacial score (nSPS) is 10.9. The number of hydrogen-bond acceptors (Lipinski definition) is 3. The predicted molar refractivity (Wildman–Crippen MR) is 59.5 cm³/mol. The van der Waals surface area contributed by atoms with Gasteiger partial charge in [-0.05, 0) is 22.9 Å². The van der Waals surface area contributed by atoms with Crippen molar-refractivity contribution >= 4 is 22.7 Å². The molecule has 0 radical (unpaired) electrons. The molecule has 13 heavy (non-hydrogen) atoms. The average molecular weight is 209 g/mol. The monoisotopic (exact) mass is 209 g/mol. The fraction of sp³-hybridized carbons (Fsp3) is 0.200. The molecule has 2 heterocycles. The third-order valence-corrected chi connectivity index (χ3v) is 3.98. The van der Waals surface area contributed by atoms with E-state index in [2.05, 4.69) is 35.0 Å². The van der Waals surface area contributed by atoms with Gasteiger partial charge in [0.2, 0.25) is 0 Å². The van der Waals surface area contributed by atoms with Crippen molar-refractivity contribution in [3.63, 3.8) is 0 Å². The van der Waals surface area contributed by atoms with Crippen molar-refractivity contribution in [2.45, 2.75) is 5.92 Å². The van der Waals surface area contributed by atoms with Gasteiger partial charge in [-0.1, -0.05) is 12.1 Å². The van der Waals surface area contributed by atoms with E-state index in [-0.39, 0.29) is 0 Å². The van der Waals surface area contributed by atoms with E-state index in [1.54, 1.807) is 22.7 Å². The van der Waals surface area contributed by atoms with Crippen molar-refractivity contribution < 1.29 is 0 Å². The van der Waals surface area contributed by atoms with Crippen molar-refractivity contribution in [1.29, 1.82) is 0 Å². The van der Waals surface area contributed by atoms with Gasteiger partial charge in [0, 0.05) is 22.2 Å². The van der Waals surface area contributed by atoms with Crippen LogP contribution in [0.4, 0.5) is 0 Å². The summed E-state index contributed by atoms with van der Waals surface area (Å²) in [5.41, 5.74) is 5.77. The smallest absolute Gasteiger partial charge is 0.0400 e. The zero-order valence-corrected chi connectivity index (χ0v) is 8.78. The van der Waals surface area contributed by atoms with Gasteiger partial charge in [0.15, 0.2) is 0 Å². The second-order valence-electron chi connectivity index (χ2n) is 2.82. The van der Waals surface area contributed by atoms with Crippen molar-refractivity contribution in [3.8, 4) is 0 Å². The third-order valence-electron chi connectivity index (χ3n) is 2.01. The van der Waals surface area contributed by atoms with E-state index in [0.29, 0.717) is 12.5 Å². The fourth-order valence-electron chi connectivity index (χ4n) is 1.35. The van der Waals surface area contributed by atoms with Crippen LogP contribution in [0.25, 0.3) is 0 Å². The summed E-state index contributed by atoms with van der Waals surface area (Å²) in [6.45, 7) is 0.695.